The lowest BCUT2D eigenvalue weighted by Crippen LogP contribution is -2.29. The fourth-order valence-corrected chi connectivity index (χ4v) is 4.03. The summed E-state index contributed by atoms with van der Waals surface area (Å²) in [6.07, 6.45) is 1.93. The van der Waals surface area contributed by atoms with Crippen LogP contribution >= 0.6 is 11.3 Å². The number of rotatable bonds is 7. The first-order valence-corrected chi connectivity index (χ1v) is 9.86. The highest BCUT2D eigenvalue weighted by Crippen LogP contribution is 2.34. The maximum absolute atomic E-state index is 12.4. The van der Waals surface area contributed by atoms with Crippen molar-refractivity contribution in [2.45, 2.75) is 46.1 Å². The summed E-state index contributed by atoms with van der Waals surface area (Å²) >= 11 is 1.45. The van der Waals surface area contributed by atoms with Crippen molar-refractivity contribution in [3.05, 3.63) is 39.6 Å². The molecule has 3 rings (SSSR count). The third kappa shape index (κ3) is 4.42. The van der Waals surface area contributed by atoms with Crippen LogP contribution in [-0.2, 0) is 22.4 Å². The van der Waals surface area contributed by atoms with Crippen molar-refractivity contribution >= 4 is 28.9 Å². The summed E-state index contributed by atoms with van der Waals surface area (Å²) < 4.78 is 15.9. The first-order chi connectivity index (χ1) is 13.0. The zero-order valence-electron chi connectivity index (χ0n) is 15.7. The predicted molar refractivity (Wildman–Crippen MR) is 104 cm³/mol. The van der Waals surface area contributed by atoms with Crippen molar-refractivity contribution in [2.75, 3.05) is 12.1 Å². The molecule has 0 aliphatic carbocycles. The van der Waals surface area contributed by atoms with Crippen LogP contribution in [0.1, 0.15) is 47.3 Å². The van der Waals surface area contributed by atoms with E-state index in [1.165, 1.54) is 21.8 Å². The number of hydrogen-bond donors (Lipinski definition) is 1. The molecule has 1 N–H and O–H groups in total. The molecule has 1 aromatic heterocycles. The number of hydrogen-bond acceptors (Lipinski definition) is 6. The highest BCUT2D eigenvalue weighted by molar-refractivity contribution is 7.14. The number of esters is 1. The summed E-state index contributed by atoms with van der Waals surface area (Å²) in [6, 6.07) is 6.99. The van der Waals surface area contributed by atoms with E-state index in [-0.39, 0.29) is 6.79 Å². The Bertz CT molecular complexity index is 845. The van der Waals surface area contributed by atoms with Gasteiger partial charge in [-0.3, -0.25) is 4.79 Å². The Hall–Kier alpha value is -2.54. The molecule has 2 aromatic rings. The van der Waals surface area contributed by atoms with Crippen molar-refractivity contribution in [2.24, 2.45) is 0 Å². The molecule has 1 amide bonds. The maximum Gasteiger partial charge on any atom is 0.349 e. The summed E-state index contributed by atoms with van der Waals surface area (Å²) in [5, 5.41) is 2.73. The number of ether oxygens (including phenoxy) is 3. The summed E-state index contributed by atoms with van der Waals surface area (Å²) in [7, 11) is 0. The first-order valence-electron chi connectivity index (χ1n) is 9.04. The van der Waals surface area contributed by atoms with Crippen molar-refractivity contribution in [1.82, 2.24) is 0 Å². The van der Waals surface area contributed by atoms with Gasteiger partial charge >= 0.3 is 5.97 Å². The summed E-state index contributed by atoms with van der Waals surface area (Å²) in [5.41, 5.74) is 1.73. The second-order valence-corrected chi connectivity index (χ2v) is 7.40. The van der Waals surface area contributed by atoms with Crippen LogP contribution in [0.5, 0.6) is 11.5 Å². The van der Waals surface area contributed by atoms with E-state index in [1.807, 2.05) is 6.07 Å². The SMILES string of the molecule is CCCc1sc(C(=O)O[C@H](C)C(=O)Nc2ccc3c(c2)OCO3)cc1CC. The standard InChI is InChI=1S/C20H23NO5S/c1-4-6-17-13(5-2)9-18(27-17)20(23)26-12(3)19(22)21-14-7-8-15-16(10-14)25-11-24-15/h7-10,12H,4-6,11H2,1-3H3,(H,21,22)/t12-/m1/s1. The number of nitrogens with one attached hydrogen (secondary N) is 1. The lowest BCUT2D eigenvalue weighted by Gasteiger charge is -2.13. The van der Waals surface area contributed by atoms with Crippen LogP contribution in [0.25, 0.3) is 0 Å². The summed E-state index contributed by atoms with van der Waals surface area (Å²) in [4.78, 5) is 26.5. The van der Waals surface area contributed by atoms with Gasteiger partial charge in [0.25, 0.3) is 5.91 Å². The van der Waals surface area contributed by atoms with Crippen LogP contribution in [0.3, 0.4) is 0 Å². The Morgan fingerprint density at radius 3 is 2.74 bits per heavy atom. The van der Waals surface area contributed by atoms with Crippen LogP contribution in [0.4, 0.5) is 5.69 Å². The molecule has 0 fully saturated rings. The molecule has 0 spiro atoms. The molecule has 7 heteroatoms. The van der Waals surface area contributed by atoms with E-state index in [2.05, 4.69) is 19.2 Å². The highest BCUT2D eigenvalue weighted by Gasteiger charge is 2.22. The van der Waals surface area contributed by atoms with Gasteiger partial charge in [-0.05, 0) is 43.5 Å². The average Bonchev–Trinajstić information content (AvgIpc) is 3.28. The normalized spacial score (nSPS) is 13.3. The topological polar surface area (TPSA) is 73.9 Å². The quantitative estimate of drug-likeness (QED) is 0.719. The second-order valence-electron chi connectivity index (χ2n) is 6.27. The fourth-order valence-electron chi connectivity index (χ4n) is 2.80. The van der Waals surface area contributed by atoms with Gasteiger partial charge in [-0.2, -0.15) is 0 Å². The largest absolute Gasteiger partial charge is 0.454 e. The highest BCUT2D eigenvalue weighted by atomic mass is 32.1. The van der Waals surface area contributed by atoms with E-state index in [0.29, 0.717) is 22.1 Å². The molecule has 2 heterocycles. The van der Waals surface area contributed by atoms with Crippen molar-refractivity contribution in [3.63, 3.8) is 0 Å². The average molecular weight is 389 g/mol. The third-order valence-corrected chi connectivity index (χ3v) is 5.47. The van der Waals surface area contributed by atoms with Crippen LogP contribution in [-0.4, -0.2) is 24.8 Å². The summed E-state index contributed by atoms with van der Waals surface area (Å²) in [6.45, 7) is 5.90. The molecule has 0 saturated heterocycles. The minimum absolute atomic E-state index is 0.168. The minimum Gasteiger partial charge on any atom is -0.454 e. The number of fused-ring (bicyclic) bond motifs is 1. The van der Waals surface area contributed by atoms with Crippen LogP contribution in [0, 0.1) is 0 Å². The third-order valence-electron chi connectivity index (χ3n) is 4.25. The lowest BCUT2D eigenvalue weighted by atomic mass is 10.1. The zero-order valence-corrected chi connectivity index (χ0v) is 16.5. The fraction of sp³-hybridized carbons (Fsp3) is 0.400. The lowest BCUT2D eigenvalue weighted by molar-refractivity contribution is -0.123. The minimum atomic E-state index is -0.912. The van der Waals surface area contributed by atoms with Crippen molar-refractivity contribution in [1.29, 1.82) is 0 Å². The van der Waals surface area contributed by atoms with E-state index >= 15 is 0 Å². The van der Waals surface area contributed by atoms with Crippen LogP contribution < -0.4 is 14.8 Å². The van der Waals surface area contributed by atoms with Gasteiger partial charge in [-0.1, -0.05) is 20.3 Å². The smallest absolute Gasteiger partial charge is 0.349 e. The van der Waals surface area contributed by atoms with Gasteiger partial charge in [-0.25, -0.2) is 4.79 Å². The number of thiophene rings is 1. The Kier molecular flexibility index (Phi) is 6.01. The van der Waals surface area contributed by atoms with Crippen molar-refractivity contribution in [3.8, 4) is 11.5 Å². The molecule has 0 unspecified atom stereocenters. The van der Waals surface area contributed by atoms with Gasteiger partial charge in [0.1, 0.15) is 4.88 Å². The number of aryl methyl sites for hydroxylation is 2. The Labute approximate surface area is 162 Å². The Morgan fingerprint density at radius 1 is 1.22 bits per heavy atom. The molecule has 0 bridgehead atoms. The molecule has 0 saturated carbocycles. The van der Waals surface area contributed by atoms with Gasteiger partial charge in [-0.15, -0.1) is 11.3 Å². The van der Waals surface area contributed by atoms with Gasteiger partial charge in [0.05, 0.1) is 0 Å². The van der Waals surface area contributed by atoms with E-state index in [0.717, 1.165) is 19.3 Å². The number of anilines is 1. The van der Waals surface area contributed by atoms with Gasteiger partial charge in [0, 0.05) is 16.6 Å². The molecular weight excluding hydrogens is 366 g/mol. The van der Waals surface area contributed by atoms with Gasteiger partial charge < -0.3 is 19.5 Å². The summed E-state index contributed by atoms with van der Waals surface area (Å²) in [5.74, 6) is 0.347. The molecule has 1 atom stereocenters. The maximum atomic E-state index is 12.4. The number of amides is 1. The number of carbonyl (C=O) groups excluding carboxylic acids is 2. The molecule has 1 aliphatic rings. The zero-order chi connectivity index (χ0) is 19.4. The molecule has 1 aromatic carbocycles. The molecular formula is C20H23NO5S. The van der Waals surface area contributed by atoms with E-state index in [1.54, 1.807) is 25.1 Å². The first kappa shape index (κ1) is 19.2. The van der Waals surface area contributed by atoms with E-state index in [4.69, 9.17) is 14.2 Å². The van der Waals surface area contributed by atoms with Crippen molar-refractivity contribution < 1.29 is 23.8 Å². The predicted octanol–water partition coefficient (Wildman–Crippen LogP) is 4.18. The molecule has 144 valence electrons. The molecule has 0 radical (unpaired) electrons. The number of benzene rings is 1. The monoisotopic (exact) mass is 389 g/mol. The molecule has 6 nitrogen and oxygen atoms in total. The van der Waals surface area contributed by atoms with E-state index in [9.17, 15) is 9.59 Å². The van der Waals surface area contributed by atoms with Crippen LogP contribution in [0.15, 0.2) is 24.3 Å². The molecule has 1 aliphatic heterocycles. The second kappa shape index (κ2) is 8.43. The Morgan fingerprint density at radius 2 is 2.00 bits per heavy atom. The Balaban J connectivity index is 1.61. The van der Waals surface area contributed by atoms with Gasteiger partial charge in [0.15, 0.2) is 17.6 Å². The van der Waals surface area contributed by atoms with E-state index < -0.39 is 18.0 Å². The van der Waals surface area contributed by atoms with Gasteiger partial charge in [0.2, 0.25) is 6.79 Å². The number of carbonyl (C=O) groups is 2. The molecule has 27 heavy (non-hydrogen) atoms. The van der Waals surface area contributed by atoms with Crippen LogP contribution in [0.2, 0.25) is 0 Å².